The van der Waals surface area contributed by atoms with Gasteiger partial charge in [-0.2, -0.15) is 0 Å². The molecule has 126 valence electrons. The van der Waals surface area contributed by atoms with Gasteiger partial charge in [0.1, 0.15) is 11.6 Å². The number of methoxy groups -OCH3 is 1. The number of rotatable bonds is 4. The van der Waals surface area contributed by atoms with Crippen molar-refractivity contribution in [3.8, 4) is 5.75 Å². The summed E-state index contributed by atoms with van der Waals surface area (Å²) >= 11 is 0. The molecule has 1 aromatic rings. The van der Waals surface area contributed by atoms with Gasteiger partial charge in [-0.05, 0) is 18.2 Å². The third-order valence-electron chi connectivity index (χ3n) is 3.54. The Bertz CT molecular complexity index is 483. The second-order valence-electron chi connectivity index (χ2n) is 4.82. The van der Waals surface area contributed by atoms with Crippen LogP contribution in [0.2, 0.25) is 0 Å². The molecular weight excluding hydrogens is 332 g/mol. The number of carbonyl (C=O) groups excluding carboxylic acids is 1. The summed E-state index contributed by atoms with van der Waals surface area (Å²) in [6, 6.07) is 4.52. The Morgan fingerprint density at radius 3 is 2.45 bits per heavy atom. The maximum Gasteiger partial charge on any atom is 0.236 e. The molecule has 0 radical (unpaired) electrons. The molecule has 5 nitrogen and oxygen atoms in total. The van der Waals surface area contributed by atoms with E-state index in [4.69, 9.17) is 10.5 Å². The van der Waals surface area contributed by atoms with E-state index in [2.05, 4.69) is 4.90 Å². The number of carbonyl (C=O) groups is 1. The number of benzene rings is 1. The Kier molecular flexibility index (Phi) is 9.36. The number of piperazine rings is 1. The topological polar surface area (TPSA) is 58.8 Å². The van der Waals surface area contributed by atoms with E-state index in [0.29, 0.717) is 25.4 Å². The van der Waals surface area contributed by atoms with Crippen molar-refractivity contribution in [2.75, 3.05) is 39.8 Å². The Morgan fingerprint density at radius 1 is 1.27 bits per heavy atom. The standard InChI is InChI=1S/C14H20FN3O2.2ClH/c1-20-13-3-2-12(15)8-11(13)10-17-4-6-18(7-5-17)14(19)9-16;;/h2-3,8H,4-7,9-10,16H2,1H3;2*1H. The minimum Gasteiger partial charge on any atom is -0.496 e. The van der Waals surface area contributed by atoms with Gasteiger partial charge < -0.3 is 15.4 Å². The summed E-state index contributed by atoms with van der Waals surface area (Å²) in [5, 5.41) is 0. The SMILES string of the molecule is COc1ccc(F)cc1CN1CCN(C(=O)CN)CC1.Cl.Cl. The number of nitrogens with zero attached hydrogens (tertiary/aromatic N) is 2. The van der Waals surface area contributed by atoms with Crippen molar-refractivity contribution in [1.82, 2.24) is 9.80 Å². The molecule has 1 aliphatic heterocycles. The predicted octanol–water partition coefficient (Wildman–Crippen LogP) is 1.28. The number of hydrogen-bond acceptors (Lipinski definition) is 4. The van der Waals surface area contributed by atoms with E-state index < -0.39 is 0 Å². The molecule has 8 heteroatoms. The van der Waals surface area contributed by atoms with E-state index in [1.807, 2.05) is 0 Å². The fourth-order valence-electron chi connectivity index (χ4n) is 2.40. The van der Waals surface area contributed by atoms with Crippen LogP contribution in [0.1, 0.15) is 5.56 Å². The van der Waals surface area contributed by atoms with Gasteiger partial charge in [0.05, 0.1) is 13.7 Å². The van der Waals surface area contributed by atoms with Crippen molar-refractivity contribution in [2.24, 2.45) is 5.73 Å². The molecule has 1 heterocycles. The molecule has 0 saturated carbocycles. The van der Waals surface area contributed by atoms with Crippen LogP contribution in [0.5, 0.6) is 5.75 Å². The van der Waals surface area contributed by atoms with E-state index in [-0.39, 0.29) is 43.1 Å². The van der Waals surface area contributed by atoms with Crippen LogP contribution >= 0.6 is 24.8 Å². The van der Waals surface area contributed by atoms with Crippen molar-refractivity contribution in [3.63, 3.8) is 0 Å². The highest BCUT2D eigenvalue weighted by Gasteiger charge is 2.21. The summed E-state index contributed by atoms with van der Waals surface area (Å²) in [5.41, 5.74) is 6.18. The molecular formula is C14H22Cl2FN3O2. The van der Waals surface area contributed by atoms with Crippen molar-refractivity contribution in [3.05, 3.63) is 29.6 Å². The van der Waals surface area contributed by atoms with Gasteiger partial charge in [-0.15, -0.1) is 24.8 Å². The highest BCUT2D eigenvalue weighted by atomic mass is 35.5. The summed E-state index contributed by atoms with van der Waals surface area (Å²) in [6.07, 6.45) is 0. The largest absolute Gasteiger partial charge is 0.496 e. The fraction of sp³-hybridized carbons (Fsp3) is 0.500. The van der Waals surface area contributed by atoms with E-state index >= 15 is 0 Å². The van der Waals surface area contributed by atoms with E-state index in [0.717, 1.165) is 18.7 Å². The van der Waals surface area contributed by atoms with Gasteiger partial charge in [-0.25, -0.2) is 4.39 Å². The second-order valence-corrected chi connectivity index (χ2v) is 4.82. The molecule has 22 heavy (non-hydrogen) atoms. The van der Waals surface area contributed by atoms with Crippen LogP contribution < -0.4 is 10.5 Å². The first kappa shape index (κ1) is 20.9. The van der Waals surface area contributed by atoms with Crippen LogP contribution in [-0.2, 0) is 11.3 Å². The molecule has 0 aliphatic carbocycles. The molecule has 1 aromatic carbocycles. The summed E-state index contributed by atoms with van der Waals surface area (Å²) in [4.78, 5) is 15.4. The number of hydrogen-bond donors (Lipinski definition) is 1. The highest BCUT2D eigenvalue weighted by Crippen LogP contribution is 2.21. The zero-order chi connectivity index (χ0) is 14.5. The number of ether oxygens (including phenoxy) is 1. The van der Waals surface area contributed by atoms with Crippen LogP contribution in [0, 0.1) is 5.82 Å². The molecule has 2 rings (SSSR count). The summed E-state index contributed by atoms with van der Waals surface area (Å²) < 4.78 is 18.6. The smallest absolute Gasteiger partial charge is 0.236 e. The molecule has 1 aliphatic rings. The molecule has 0 atom stereocenters. The molecule has 0 spiro atoms. The number of amides is 1. The van der Waals surface area contributed by atoms with Crippen LogP contribution in [0.15, 0.2) is 18.2 Å². The molecule has 0 aromatic heterocycles. The maximum absolute atomic E-state index is 13.3. The lowest BCUT2D eigenvalue weighted by molar-refractivity contribution is -0.131. The van der Waals surface area contributed by atoms with E-state index in [9.17, 15) is 9.18 Å². The van der Waals surface area contributed by atoms with Gasteiger partial charge in [0.25, 0.3) is 0 Å². The molecule has 1 amide bonds. The van der Waals surface area contributed by atoms with Gasteiger partial charge >= 0.3 is 0 Å². The Hall–Kier alpha value is -1.08. The van der Waals surface area contributed by atoms with Gasteiger partial charge in [0.2, 0.25) is 5.91 Å². The van der Waals surface area contributed by atoms with Gasteiger partial charge in [0, 0.05) is 38.3 Å². The van der Waals surface area contributed by atoms with Crippen molar-refractivity contribution < 1.29 is 13.9 Å². The zero-order valence-electron chi connectivity index (χ0n) is 12.5. The summed E-state index contributed by atoms with van der Waals surface area (Å²) in [6.45, 7) is 3.50. The molecule has 0 unspecified atom stereocenters. The first-order valence-electron chi connectivity index (χ1n) is 6.66. The first-order chi connectivity index (χ1) is 9.63. The minimum absolute atomic E-state index is 0. The van der Waals surface area contributed by atoms with Gasteiger partial charge in [-0.1, -0.05) is 0 Å². The molecule has 1 fully saturated rings. The lowest BCUT2D eigenvalue weighted by Crippen LogP contribution is -2.49. The average molecular weight is 354 g/mol. The van der Waals surface area contributed by atoms with E-state index in [1.54, 1.807) is 18.1 Å². The first-order valence-corrected chi connectivity index (χ1v) is 6.66. The third-order valence-corrected chi connectivity index (χ3v) is 3.54. The Labute approximate surface area is 142 Å². The molecule has 1 saturated heterocycles. The van der Waals surface area contributed by atoms with Crippen molar-refractivity contribution in [1.29, 1.82) is 0 Å². The monoisotopic (exact) mass is 353 g/mol. The Balaban J connectivity index is 0.00000220. The highest BCUT2D eigenvalue weighted by molar-refractivity contribution is 5.85. The van der Waals surface area contributed by atoms with Crippen LogP contribution in [-0.4, -0.2) is 55.5 Å². The number of nitrogens with two attached hydrogens (primary N) is 1. The minimum atomic E-state index is -0.266. The number of halogens is 3. The van der Waals surface area contributed by atoms with Crippen LogP contribution in [0.25, 0.3) is 0 Å². The normalized spacial score (nSPS) is 14.8. The maximum atomic E-state index is 13.3. The second kappa shape index (κ2) is 9.84. The lowest BCUT2D eigenvalue weighted by Gasteiger charge is -2.34. The molecule has 0 bridgehead atoms. The summed E-state index contributed by atoms with van der Waals surface area (Å²) in [7, 11) is 1.58. The Morgan fingerprint density at radius 2 is 1.91 bits per heavy atom. The zero-order valence-corrected chi connectivity index (χ0v) is 14.1. The van der Waals surface area contributed by atoms with Crippen molar-refractivity contribution >= 4 is 30.7 Å². The summed E-state index contributed by atoms with van der Waals surface area (Å²) in [5.74, 6) is 0.401. The average Bonchev–Trinajstić information content (AvgIpc) is 2.47. The van der Waals surface area contributed by atoms with Crippen LogP contribution in [0.4, 0.5) is 4.39 Å². The molecule has 2 N–H and O–H groups in total. The van der Waals surface area contributed by atoms with Crippen molar-refractivity contribution in [2.45, 2.75) is 6.54 Å². The van der Waals surface area contributed by atoms with Crippen LogP contribution in [0.3, 0.4) is 0 Å². The fourth-order valence-corrected chi connectivity index (χ4v) is 2.40. The third kappa shape index (κ3) is 5.28. The quantitative estimate of drug-likeness (QED) is 0.885. The lowest BCUT2D eigenvalue weighted by atomic mass is 10.1. The van der Waals surface area contributed by atoms with Gasteiger partial charge in [0.15, 0.2) is 0 Å². The van der Waals surface area contributed by atoms with E-state index in [1.165, 1.54) is 12.1 Å². The van der Waals surface area contributed by atoms with Gasteiger partial charge in [-0.3, -0.25) is 9.69 Å². The predicted molar refractivity (Wildman–Crippen MR) is 88.4 cm³/mol.